The fourth-order valence-electron chi connectivity index (χ4n) is 1.46. The monoisotopic (exact) mass is 185 g/mol. The summed E-state index contributed by atoms with van der Waals surface area (Å²) in [5, 5.41) is 0. The van der Waals surface area contributed by atoms with Crippen LogP contribution in [-0.4, -0.2) is 36.5 Å². The summed E-state index contributed by atoms with van der Waals surface area (Å²) in [6.45, 7) is 2.54. The summed E-state index contributed by atoms with van der Waals surface area (Å²) in [6.07, 6.45) is 4.02. The van der Waals surface area contributed by atoms with Gasteiger partial charge in [0.1, 0.15) is 0 Å². The van der Waals surface area contributed by atoms with E-state index in [4.69, 9.17) is 11.5 Å². The molecule has 1 aliphatic rings. The molecule has 13 heavy (non-hydrogen) atoms. The summed E-state index contributed by atoms with van der Waals surface area (Å²) in [7, 11) is 0. The number of hydrogen-bond acceptors (Lipinski definition) is 3. The van der Waals surface area contributed by atoms with E-state index in [0.717, 1.165) is 26.1 Å². The Morgan fingerprint density at radius 3 is 2.54 bits per heavy atom. The highest BCUT2D eigenvalue weighted by Crippen LogP contribution is 2.26. The van der Waals surface area contributed by atoms with Gasteiger partial charge in [0.25, 0.3) is 0 Å². The molecule has 1 amide bonds. The summed E-state index contributed by atoms with van der Waals surface area (Å²) in [5.41, 5.74) is 10.5. The highest BCUT2D eigenvalue weighted by molar-refractivity contribution is 5.73. The van der Waals surface area contributed by atoms with Crippen molar-refractivity contribution >= 4 is 5.91 Å². The maximum Gasteiger partial charge on any atom is 0.218 e. The second-order valence-electron chi connectivity index (χ2n) is 3.63. The summed E-state index contributed by atoms with van der Waals surface area (Å²) in [6, 6.07) is 0.700. The Morgan fingerprint density at radius 1 is 1.38 bits per heavy atom. The Hall–Kier alpha value is -0.610. The predicted molar refractivity (Wildman–Crippen MR) is 52.1 cm³/mol. The Labute approximate surface area is 79.3 Å². The van der Waals surface area contributed by atoms with Crippen molar-refractivity contribution in [2.45, 2.75) is 31.7 Å². The molecular weight excluding hydrogens is 166 g/mol. The molecule has 0 spiro atoms. The van der Waals surface area contributed by atoms with Crippen molar-refractivity contribution < 1.29 is 4.79 Å². The lowest BCUT2D eigenvalue weighted by Crippen LogP contribution is -2.32. The topological polar surface area (TPSA) is 72.3 Å². The van der Waals surface area contributed by atoms with Gasteiger partial charge in [-0.1, -0.05) is 0 Å². The van der Waals surface area contributed by atoms with Gasteiger partial charge >= 0.3 is 0 Å². The molecule has 1 saturated carbocycles. The van der Waals surface area contributed by atoms with Crippen LogP contribution in [0.1, 0.15) is 25.7 Å². The van der Waals surface area contributed by atoms with E-state index in [0.29, 0.717) is 12.5 Å². The summed E-state index contributed by atoms with van der Waals surface area (Å²) < 4.78 is 0. The first kappa shape index (κ1) is 10.5. The fourth-order valence-corrected chi connectivity index (χ4v) is 1.46. The average molecular weight is 185 g/mol. The van der Waals surface area contributed by atoms with Crippen LogP contribution in [0.3, 0.4) is 0 Å². The maximum atomic E-state index is 10.6. The molecule has 4 N–H and O–H groups in total. The van der Waals surface area contributed by atoms with Crippen LogP contribution in [0.5, 0.6) is 0 Å². The molecule has 0 atom stereocenters. The van der Waals surface area contributed by atoms with Crippen LogP contribution in [0.25, 0.3) is 0 Å². The van der Waals surface area contributed by atoms with Gasteiger partial charge in [-0.15, -0.1) is 0 Å². The zero-order valence-electron chi connectivity index (χ0n) is 8.04. The van der Waals surface area contributed by atoms with E-state index < -0.39 is 0 Å². The molecule has 0 bridgehead atoms. The number of hydrogen-bond donors (Lipinski definition) is 2. The van der Waals surface area contributed by atoms with Crippen molar-refractivity contribution in [2.75, 3.05) is 19.6 Å². The Morgan fingerprint density at radius 2 is 2.08 bits per heavy atom. The third-order valence-electron chi connectivity index (χ3n) is 2.36. The minimum Gasteiger partial charge on any atom is -0.370 e. The molecule has 0 unspecified atom stereocenters. The van der Waals surface area contributed by atoms with Gasteiger partial charge in [0.2, 0.25) is 5.91 Å². The van der Waals surface area contributed by atoms with Gasteiger partial charge in [-0.3, -0.25) is 9.69 Å². The lowest BCUT2D eigenvalue weighted by Gasteiger charge is -2.20. The lowest BCUT2D eigenvalue weighted by molar-refractivity contribution is -0.118. The van der Waals surface area contributed by atoms with E-state index in [-0.39, 0.29) is 5.91 Å². The third kappa shape index (κ3) is 4.24. The molecule has 0 aliphatic heterocycles. The molecule has 1 fully saturated rings. The average Bonchev–Trinajstić information content (AvgIpc) is 2.87. The smallest absolute Gasteiger partial charge is 0.218 e. The normalized spacial score (nSPS) is 16.5. The lowest BCUT2D eigenvalue weighted by atomic mass is 10.3. The summed E-state index contributed by atoms with van der Waals surface area (Å²) in [5.74, 6) is -0.210. The van der Waals surface area contributed by atoms with Crippen LogP contribution in [0, 0.1) is 0 Å². The van der Waals surface area contributed by atoms with E-state index in [1.54, 1.807) is 0 Å². The van der Waals surface area contributed by atoms with Crippen LogP contribution in [0.4, 0.5) is 0 Å². The number of carbonyl (C=O) groups excluding carboxylic acids is 1. The molecular formula is C9H19N3O. The van der Waals surface area contributed by atoms with Crippen molar-refractivity contribution in [1.82, 2.24) is 4.90 Å². The molecule has 0 heterocycles. The second-order valence-corrected chi connectivity index (χ2v) is 3.63. The number of nitrogens with two attached hydrogens (primary N) is 2. The molecule has 4 nitrogen and oxygen atoms in total. The molecule has 76 valence electrons. The second kappa shape index (κ2) is 5.19. The quantitative estimate of drug-likeness (QED) is 0.570. The van der Waals surface area contributed by atoms with E-state index in [1.807, 2.05) is 0 Å². The number of rotatable bonds is 7. The zero-order valence-corrected chi connectivity index (χ0v) is 8.04. The van der Waals surface area contributed by atoms with Gasteiger partial charge in [0, 0.05) is 19.0 Å². The van der Waals surface area contributed by atoms with Crippen LogP contribution < -0.4 is 11.5 Å². The Balaban J connectivity index is 2.17. The Kier molecular flexibility index (Phi) is 4.18. The molecule has 0 radical (unpaired) electrons. The van der Waals surface area contributed by atoms with Crippen molar-refractivity contribution in [3.05, 3.63) is 0 Å². The predicted octanol–water partition coefficient (Wildman–Crippen LogP) is -0.325. The molecule has 0 saturated heterocycles. The molecule has 0 aromatic rings. The van der Waals surface area contributed by atoms with Crippen LogP contribution in [-0.2, 0) is 4.79 Å². The SMILES string of the molecule is NCCCN(CCC(N)=O)C1CC1. The molecule has 1 rings (SSSR count). The van der Waals surface area contributed by atoms with Gasteiger partial charge in [-0.2, -0.15) is 0 Å². The van der Waals surface area contributed by atoms with Crippen molar-refractivity contribution in [3.8, 4) is 0 Å². The van der Waals surface area contributed by atoms with Crippen molar-refractivity contribution in [3.63, 3.8) is 0 Å². The van der Waals surface area contributed by atoms with Crippen LogP contribution >= 0.6 is 0 Å². The third-order valence-corrected chi connectivity index (χ3v) is 2.36. The number of amides is 1. The number of primary amides is 1. The van der Waals surface area contributed by atoms with Gasteiger partial charge < -0.3 is 11.5 Å². The molecule has 1 aliphatic carbocycles. The van der Waals surface area contributed by atoms with Gasteiger partial charge in [-0.25, -0.2) is 0 Å². The maximum absolute atomic E-state index is 10.6. The largest absolute Gasteiger partial charge is 0.370 e. The van der Waals surface area contributed by atoms with E-state index in [9.17, 15) is 4.79 Å². The van der Waals surface area contributed by atoms with E-state index in [2.05, 4.69) is 4.90 Å². The summed E-state index contributed by atoms with van der Waals surface area (Å²) >= 11 is 0. The zero-order chi connectivity index (χ0) is 9.68. The highest BCUT2D eigenvalue weighted by Gasteiger charge is 2.28. The van der Waals surface area contributed by atoms with Gasteiger partial charge in [0.05, 0.1) is 0 Å². The summed E-state index contributed by atoms with van der Waals surface area (Å²) in [4.78, 5) is 12.9. The number of carbonyl (C=O) groups is 1. The van der Waals surface area contributed by atoms with E-state index in [1.165, 1.54) is 12.8 Å². The fraction of sp³-hybridized carbons (Fsp3) is 0.889. The van der Waals surface area contributed by atoms with Crippen molar-refractivity contribution in [1.29, 1.82) is 0 Å². The minimum absolute atomic E-state index is 0.210. The first-order chi connectivity index (χ1) is 6.24. The highest BCUT2D eigenvalue weighted by atomic mass is 16.1. The van der Waals surface area contributed by atoms with Gasteiger partial charge in [0.15, 0.2) is 0 Å². The van der Waals surface area contributed by atoms with E-state index >= 15 is 0 Å². The minimum atomic E-state index is -0.210. The number of nitrogens with zero attached hydrogens (tertiary/aromatic N) is 1. The van der Waals surface area contributed by atoms with Crippen molar-refractivity contribution in [2.24, 2.45) is 11.5 Å². The molecule has 4 heteroatoms. The Bertz CT molecular complexity index is 168. The van der Waals surface area contributed by atoms with Crippen LogP contribution in [0.15, 0.2) is 0 Å². The standard InChI is InChI=1S/C9H19N3O/c10-5-1-6-12(8-2-3-8)7-4-9(11)13/h8H,1-7,10H2,(H2,11,13). The molecule has 0 aromatic heterocycles. The first-order valence-corrected chi connectivity index (χ1v) is 4.96. The molecule has 0 aromatic carbocycles. The van der Waals surface area contributed by atoms with Crippen LogP contribution in [0.2, 0.25) is 0 Å². The first-order valence-electron chi connectivity index (χ1n) is 4.96. The van der Waals surface area contributed by atoms with Gasteiger partial charge in [-0.05, 0) is 32.4 Å².